The number of carbonyl (C=O) groups is 6. The molecule has 5 aliphatic rings. The van der Waals surface area contributed by atoms with Crippen LogP contribution in [0.5, 0.6) is 17.2 Å². The van der Waals surface area contributed by atoms with E-state index in [1.807, 2.05) is 62.4 Å². The highest BCUT2D eigenvalue weighted by molar-refractivity contribution is 6.02. The Hall–Kier alpha value is -13.8. The summed E-state index contributed by atoms with van der Waals surface area (Å²) in [5, 5.41) is 11.5. The Bertz CT molecular complexity index is 6180. The number of nitrogen functional groups attached to an aromatic ring is 3. The highest BCUT2D eigenvalue weighted by Crippen LogP contribution is 2.44. The lowest BCUT2D eigenvalue weighted by atomic mass is 9.86. The van der Waals surface area contributed by atoms with Crippen LogP contribution in [0.1, 0.15) is 154 Å². The summed E-state index contributed by atoms with van der Waals surface area (Å²) in [5.41, 5.74) is 32.5. The second-order valence-corrected chi connectivity index (χ2v) is 32.9. The molecule has 4 aromatic heterocycles. The maximum absolute atomic E-state index is 15.1. The fourth-order valence-electron chi connectivity index (χ4n) is 15.8. The Morgan fingerprint density at radius 2 is 0.837 bits per heavy atom. The Labute approximate surface area is 708 Å². The molecule has 0 saturated carbocycles. The lowest BCUT2D eigenvalue weighted by molar-refractivity contribution is -0.383. The molecule has 630 valence electrons. The highest BCUT2D eigenvalue weighted by atomic mass is 19.1. The smallest absolute Gasteiger partial charge is 0.318 e. The number of morpholine rings is 2. The van der Waals surface area contributed by atoms with Crippen molar-refractivity contribution in [3.8, 4) is 62.0 Å². The first-order valence-electron chi connectivity index (χ1n) is 40.2. The number of Topliss-reactive ketones (excluding diaryl/α,β-unsaturated/α-hetero) is 3. The van der Waals surface area contributed by atoms with Crippen molar-refractivity contribution in [2.75, 3.05) is 89.6 Å². The monoisotopic (exact) mass is 1660 g/mol. The molecule has 7 N–H and O–H groups in total. The number of H-pyrrole nitrogens is 1. The Balaban J connectivity index is 0.000000141. The predicted molar refractivity (Wildman–Crippen MR) is 462 cm³/mol. The van der Waals surface area contributed by atoms with Gasteiger partial charge in [0.05, 0.1) is 67.9 Å². The van der Waals surface area contributed by atoms with Gasteiger partial charge in [-0.2, -0.15) is 0 Å². The minimum atomic E-state index is -0.640. The van der Waals surface area contributed by atoms with Gasteiger partial charge in [0.15, 0.2) is 23.0 Å². The molecular weight excluding hydrogens is 1570 g/mol. The summed E-state index contributed by atoms with van der Waals surface area (Å²) in [4.78, 5) is 109. The van der Waals surface area contributed by atoms with Crippen LogP contribution in [0.3, 0.4) is 0 Å². The molecule has 24 nitrogen and oxygen atoms in total. The van der Waals surface area contributed by atoms with Gasteiger partial charge in [0.25, 0.3) is 11.8 Å². The number of nitro groups is 1. The Morgan fingerprint density at radius 3 is 1.25 bits per heavy atom. The molecule has 17 rings (SSSR count). The summed E-state index contributed by atoms with van der Waals surface area (Å²) < 4.78 is 71.9. The topological polar surface area (TPSA) is 344 Å². The molecule has 0 aliphatic carbocycles. The zero-order chi connectivity index (χ0) is 87.5. The number of rotatable bonds is 17. The largest absolute Gasteiger partial charge is 0.492 e. The number of ether oxygens (including phenoxy) is 5. The standard InChI is InChI=1S/C36H33FN4O4.C24H22FN3O4.C24H24FN3O2.C12H13NO3/c1-21-25(17-30(42)24-8-9-29-31(18-24)45-20-36(29,2)3)16-26(37)19-28(21)27-10-11-38-34-32(27)39-33(40-34)22-4-6-23(7-5-22)35(43)41-12-14-44-15-13-41;1-13-15(9-20(29)14-4-5-19-21(10-14)32-12-24(19,2)3)8-16(25)11-18(13)17-6-7-27-23(26)22(17)28(30)31;1-13-15(8-16(25)11-18(13)17-6-7-28-23(27)22(17)26)9-20(29)14-4-5-19-21(10-14)30-12-24(19,2)3;14-9-10-1-3-11(4-2-10)12(15)13-5-7-16-8-6-13/h4-11,16,18-19H,12-15,17,20H2,1-3H3,(H,38,39,40);4-8,10-11H,9,12H2,1-3H3,(H2,26,27);4-8,10-11H,9,12,26H2,1-3H3,(H2,27,28);1-4,9H,5-8H2. The lowest BCUT2D eigenvalue weighted by Crippen LogP contribution is -2.40. The molecule has 5 aliphatic heterocycles. The zero-order valence-electron chi connectivity index (χ0n) is 69.5. The first kappa shape index (κ1) is 85.6. The number of aromatic amines is 1. The van der Waals surface area contributed by atoms with Crippen LogP contribution in [0.15, 0.2) is 176 Å². The molecule has 0 atom stereocenters. The highest BCUT2D eigenvalue weighted by Gasteiger charge is 2.36. The van der Waals surface area contributed by atoms with Crippen molar-refractivity contribution in [3.05, 3.63) is 287 Å². The molecule has 0 bridgehead atoms. The van der Waals surface area contributed by atoms with Gasteiger partial charge < -0.3 is 55.7 Å². The third kappa shape index (κ3) is 18.5. The van der Waals surface area contributed by atoms with E-state index in [9.17, 15) is 47.7 Å². The van der Waals surface area contributed by atoms with Crippen molar-refractivity contribution in [2.24, 2.45) is 0 Å². The second kappa shape index (κ2) is 35.5. The number of halogens is 3. The van der Waals surface area contributed by atoms with Gasteiger partial charge >= 0.3 is 5.69 Å². The number of pyridine rings is 3. The molecule has 2 amide bonds. The van der Waals surface area contributed by atoms with Gasteiger partial charge in [0, 0.05) is 147 Å². The molecule has 0 unspecified atom stereocenters. The summed E-state index contributed by atoms with van der Waals surface area (Å²) in [6, 6.07) is 43.6. The minimum absolute atomic E-state index is 0.000693. The van der Waals surface area contributed by atoms with Crippen LogP contribution < -0.4 is 31.4 Å². The van der Waals surface area contributed by atoms with Crippen LogP contribution in [0.25, 0.3) is 55.9 Å². The van der Waals surface area contributed by atoms with Crippen molar-refractivity contribution in [1.82, 2.24) is 34.7 Å². The van der Waals surface area contributed by atoms with E-state index in [1.165, 1.54) is 54.9 Å². The number of nitrogens with zero attached hydrogens (tertiary/aromatic N) is 7. The number of nitrogens with two attached hydrogens (primary N) is 3. The number of fused-ring (bicyclic) bond motifs is 4. The van der Waals surface area contributed by atoms with Crippen LogP contribution >= 0.6 is 0 Å². The number of ketones is 3. The summed E-state index contributed by atoms with van der Waals surface area (Å²) in [7, 11) is 0. The Morgan fingerprint density at radius 1 is 0.472 bits per heavy atom. The quantitative estimate of drug-likeness (QED) is 0.0285. The minimum Gasteiger partial charge on any atom is -0.492 e. The number of hydrogen-bond acceptors (Lipinski definition) is 20. The molecule has 2 saturated heterocycles. The van der Waals surface area contributed by atoms with Gasteiger partial charge in [0.1, 0.15) is 52.6 Å². The van der Waals surface area contributed by atoms with E-state index in [4.69, 9.17) is 45.9 Å². The Kier molecular flexibility index (Phi) is 24.7. The third-order valence-corrected chi connectivity index (χ3v) is 23.1. The SMILES string of the molecule is Cc1c(CC(=O)c2ccc3c(c2)OCC3(C)C)cc(F)cc1-c1ccnc(N)c1N.Cc1c(CC(=O)c2ccc3c(c2)OCC3(C)C)cc(F)cc1-c1ccnc(N)c1[N+](=O)[O-].Cc1c(CC(=O)c2ccc3c(c2)OCC3(C)C)cc(F)cc1-c1ccnc2nc(-c3ccc(C(=O)N4CCOCC4)cc3)[nH]c12.O=Cc1ccc(C(=O)N2CCOCC2)cc1. The number of aldehydes is 1. The van der Waals surface area contributed by atoms with E-state index < -0.39 is 28.1 Å². The van der Waals surface area contributed by atoms with Gasteiger partial charge in [-0.15, -0.1) is 0 Å². The van der Waals surface area contributed by atoms with Gasteiger partial charge in [-0.05, 0) is 168 Å². The maximum atomic E-state index is 15.1. The number of amides is 2. The number of benzene rings is 8. The van der Waals surface area contributed by atoms with Gasteiger partial charge in [-0.25, -0.2) is 33.1 Å². The first-order chi connectivity index (χ1) is 58.7. The summed E-state index contributed by atoms with van der Waals surface area (Å²) in [5.74, 6) is 0.766. The van der Waals surface area contributed by atoms with E-state index in [-0.39, 0.29) is 81.9 Å². The number of hydrogen-bond donors (Lipinski definition) is 4. The van der Waals surface area contributed by atoms with Gasteiger partial charge in [0.2, 0.25) is 5.82 Å². The molecule has 2 fully saturated rings. The predicted octanol–water partition coefficient (Wildman–Crippen LogP) is 16.5. The molecule has 123 heavy (non-hydrogen) atoms. The van der Waals surface area contributed by atoms with Crippen molar-refractivity contribution in [1.29, 1.82) is 0 Å². The van der Waals surface area contributed by atoms with Crippen molar-refractivity contribution in [3.63, 3.8) is 0 Å². The lowest BCUT2D eigenvalue weighted by Gasteiger charge is -2.26. The van der Waals surface area contributed by atoms with E-state index in [2.05, 4.69) is 61.5 Å². The zero-order valence-corrected chi connectivity index (χ0v) is 69.5. The van der Waals surface area contributed by atoms with Crippen LogP contribution in [-0.2, 0) is 45.0 Å². The number of carbonyl (C=O) groups excluding carboxylic acids is 6. The fourth-order valence-corrected chi connectivity index (χ4v) is 15.8. The third-order valence-electron chi connectivity index (χ3n) is 23.1. The second-order valence-electron chi connectivity index (χ2n) is 32.9. The molecule has 27 heteroatoms. The summed E-state index contributed by atoms with van der Waals surface area (Å²) in [6.07, 6.45) is 5.33. The number of nitrogens with one attached hydrogen (secondary N) is 1. The van der Waals surface area contributed by atoms with Crippen LogP contribution in [0.4, 0.5) is 36.2 Å². The normalized spacial score (nSPS) is 14.9. The van der Waals surface area contributed by atoms with Gasteiger partial charge in [-0.1, -0.05) is 102 Å². The average molecular weight is 1660 g/mol. The van der Waals surface area contributed by atoms with Crippen molar-refractivity contribution >= 4 is 69.6 Å². The number of aromatic nitrogens is 5. The molecule has 0 spiro atoms. The van der Waals surface area contributed by atoms with E-state index in [0.717, 1.165) is 56.7 Å². The maximum Gasteiger partial charge on any atom is 0.318 e. The van der Waals surface area contributed by atoms with E-state index in [0.29, 0.717) is 179 Å². The summed E-state index contributed by atoms with van der Waals surface area (Å²) >= 11 is 0. The molecule has 8 aromatic carbocycles. The van der Waals surface area contributed by atoms with Crippen LogP contribution in [0, 0.1) is 48.3 Å². The molecule has 9 heterocycles. The molecular formula is C96H92F3N11O13. The van der Waals surface area contributed by atoms with E-state index in [1.54, 1.807) is 89.7 Å². The molecule has 0 radical (unpaired) electrons. The summed E-state index contributed by atoms with van der Waals surface area (Å²) in [6.45, 7) is 24.4. The van der Waals surface area contributed by atoms with Gasteiger partial charge in [-0.3, -0.25) is 38.9 Å². The first-order valence-corrected chi connectivity index (χ1v) is 40.2. The van der Waals surface area contributed by atoms with E-state index >= 15 is 4.39 Å². The average Bonchev–Trinajstić information content (AvgIpc) is 1.76. The number of imidazole rings is 1. The van der Waals surface area contributed by atoms with Crippen LogP contribution in [0.2, 0.25) is 0 Å². The van der Waals surface area contributed by atoms with Crippen molar-refractivity contribution < 1.29 is 70.5 Å². The fraction of sp³-hybridized carbons (Fsp3) is 0.271. The van der Waals surface area contributed by atoms with Crippen LogP contribution in [-0.4, -0.2) is 148 Å². The number of anilines is 3. The molecule has 12 aromatic rings. The van der Waals surface area contributed by atoms with Crippen molar-refractivity contribution in [2.45, 2.75) is 97.8 Å².